The number of hydrogen-bond donors (Lipinski definition) is 2. The predicted molar refractivity (Wildman–Crippen MR) is 68.8 cm³/mol. The highest BCUT2D eigenvalue weighted by Crippen LogP contribution is 2.21. The molecule has 0 bridgehead atoms. The number of nitrogens with zero attached hydrogens (tertiary/aromatic N) is 1. The van der Waals surface area contributed by atoms with Gasteiger partial charge >= 0.3 is 6.03 Å². The molecule has 0 aliphatic rings. The van der Waals surface area contributed by atoms with Crippen LogP contribution in [0.25, 0.3) is 0 Å². The number of nitrogens with two attached hydrogens (primary N) is 1. The van der Waals surface area contributed by atoms with Crippen molar-refractivity contribution in [1.29, 1.82) is 0 Å². The summed E-state index contributed by atoms with van der Waals surface area (Å²) in [6.07, 6.45) is 6.53. The van der Waals surface area contributed by atoms with E-state index in [9.17, 15) is 4.79 Å². The van der Waals surface area contributed by atoms with Crippen molar-refractivity contribution in [1.82, 2.24) is 5.43 Å². The van der Waals surface area contributed by atoms with E-state index < -0.39 is 6.03 Å². The Balaban J connectivity index is 2.80. The van der Waals surface area contributed by atoms with Gasteiger partial charge in [-0.1, -0.05) is 21.9 Å². The maximum atomic E-state index is 10.4. The molecule has 2 amide bonds. The van der Waals surface area contributed by atoms with Gasteiger partial charge in [0.05, 0.1) is 6.21 Å². The molecule has 0 fully saturated rings. The van der Waals surface area contributed by atoms with Gasteiger partial charge in [-0.3, -0.25) is 0 Å². The van der Waals surface area contributed by atoms with Crippen LogP contribution in [0.2, 0.25) is 0 Å². The molecule has 5 nitrogen and oxygen atoms in total. The predicted octanol–water partition coefficient (Wildman–Crippen LogP) is 1.46. The van der Waals surface area contributed by atoms with Gasteiger partial charge < -0.3 is 10.5 Å². The first-order chi connectivity index (χ1) is 8.13. The maximum absolute atomic E-state index is 10.4. The fourth-order valence-electron chi connectivity index (χ4n) is 1.00. The zero-order valence-electron chi connectivity index (χ0n) is 8.81. The van der Waals surface area contributed by atoms with E-state index in [1.807, 2.05) is 0 Å². The van der Waals surface area contributed by atoms with E-state index in [0.717, 1.165) is 10.0 Å². The Kier molecular flexibility index (Phi) is 5.04. The third-order valence-electron chi connectivity index (χ3n) is 1.67. The monoisotopic (exact) mass is 295 g/mol. The minimum atomic E-state index is -0.725. The van der Waals surface area contributed by atoms with Crippen LogP contribution in [0.1, 0.15) is 5.56 Å². The summed E-state index contributed by atoms with van der Waals surface area (Å²) in [5, 5.41) is 3.65. The fraction of sp³-hybridized carbons (Fsp3) is 0.0909. The molecule has 0 atom stereocenters. The number of terminal acetylenes is 1. The Labute approximate surface area is 107 Å². The van der Waals surface area contributed by atoms with Crippen molar-refractivity contribution in [3.05, 3.63) is 28.2 Å². The van der Waals surface area contributed by atoms with Crippen LogP contribution in [0.5, 0.6) is 5.75 Å². The Morgan fingerprint density at radius 2 is 2.47 bits per heavy atom. The van der Waals surface area contributed by atoms with Gasteiger partial charge in [0.2, 0.25) is 0 Å². The summed E-state index contributed by atoms with van der Waals surface area (Å²) >= 11 is 3.33. The molecule has 0 radical (unpaired) electrons. The van der Waals surface area contributed by atoms with Gasteiger partial charge in [-0.05, 0) is 18.2 Å². The normalized spacial score (nSPS) is 9.88. The number of benzene rings is 1. The summed E-state index contributed by atoms with van der Waals surface area (Å²) in [6.45, 7) is 0.192. The van der Waals surface area contributed by atoms with E-state index in [1.165, 1.54) is 6.21 Å². The highest BCUT2D eigenvalue weighted by Gasteiger charge is 2.00. The number of amides is 2. The average molecular weight is 296 g/mol. The number of nitrogens with one attached hydrogen (secondary N) is 1. The molecule has 0 spiro atoms. The molecular formula is C11H10BrN3O2. The largest absolute Gasteiger partial charge is 0.481 e. The molecule has 0 aliphatic heterocycles. The van der Waals surface area contributed by atoms with Crippen molar-refractivity contribution in [3.63, 3.8) is 0 Å². The quantitative estimate of drug-likeness (QED) is 0.501. The molecule has 88 valence electrons. The first-order valence-electron chi connectivity index (χ1n) is 4.58. The molecule has 0 aliphatic carbocycles. The van der Waals surface area contributed by atoms with Gasteiger partial charge in [-0.15, -0.1) is 6.42 Å². The zero-order chi connectivity index (χ0) is 12.7. The number of ether oxygens (including phenoxy) is 1. The minimum Gasteiger partial charge on any atom is -0.481 e. The van der Waals surface area contributed by atoms with E-state index in [2.05, 4.69) is 32.4 Å². The average Bonchev–Trinajstić information content (AvgIpc) is 2.29. The molecule has 1 aromatic rings. The first kappa shape index (κ1) is 13.1. The van der Waals surface area contributed by atoms with Gasteiger partial charge in [0, 0.05) is 10.0 Å². The number of rotatable bonds is 4. The zero-order valence-corrected chi connectivity index (χ0v) is 10.4. The standard InChI is InChI=1S/C11H10BrN3O2/c1-2-5-17-9-3-4-10(12)8(6-9)7-14-15-11(13)16/h1,3-4,6-7H,5H2,(H3,13,15,16)/b14-7+. The number of primary amides is 1. The van der Waals surface area contributed by atoms with Crippen LogP contribution in [0.4, 0.5) is 4.79 Å². The SMILES string of the molecule is C#CCOc1ccc(Br)c(/C=N/NC(N)=O)c1. The molecule has 0 unspecified atom stereocenters. The lowest BCUT2D eigenvalue weighted by Crippen LogP contribution is -2.24. The molecular weight excluding hydrogens is 286 g/mol. The summed E-state index contributed by atoms with van der Waals surface area (Å²) in [5.74, 6) is 2.98. The van der Waals surface area contributed by atoms with Crippen molar-refractivity contribution in [2.75, 3.05) is 6.61 Å². The Morgan fingerprint density at radius 1 is 1.71 bits per heavy atom. The van der Waals surface area contributed by atoms with Gasteiger partial charge in [-0.25, -0.2) is 10.2 Å². The Morgan fingerprint density at radius 3 is 3.12 bits per heavy atom. The Bertz CT molecular complexity index is 480. The second-order valence-corrected chi connectivity index (χ2v) is 3.76. The highest BCUT2D eigenvalue weighted by molar-refractivity contribution is 9.10. The number of urea groups is 1. The van der Waals surface area contributed by atoms with Crippen LogP contribution >= 0.6 is 15.9 Å². The summed E-state index contributed by atoms with van der Waals surface area (Å²) in [5.41, 5.74) is 7.70. The number of carbonyl (C=O) groups is 1. The van der Waals surface area contributed by atoms with Crippen LogP contribution in [0.15, 0.2) is 27.8 Å². The van der Waals surface area contributed by atoms with Crippen molar-refractivity contribution in [2.45, 2.75) is 0 Å². The van der Waals surface area contributed by atoms with Gasteiger partial charge in [0.1, 0.15) is 12.4 Å². The van der Waals surface area contributed by atoms with E-state index >= 15 is 0 Å². The van der Waals surface area contributed by atoms with Gasteiger partial charge in [-0.2, -0.15) is 5.10 Å². The third kappa shape index (κ3) is 4.57. The molecule has 1 aromatic carbocycles. The summed E-state index contributed by atoms with van der Waals surface area (Å²) in [6, 6.07) is 4.56. The number of halogens is 1. The van der Waals surface area contributed by atoms with Crippen molar-refractivity contribution >= 4 is 28.2 Å². The van der Waals surface area contributed by atoms with Crippen LogP contribution in [0.3, 0.4) is 0 Å². The first-order valence-corrected chi connectivity index (χ1v) is 5.37. The summed E-state index contributed by atoms with van der Waals surface area (Å²) < 4.78 is 6.05. The third-order valence-corrected chi connectivity index (χ3v) is 2.39. The van der Waals surface area contributed by atoms with Crippen LogP contribution in [0, 0.1) is 12.3 Å². The summed E-state index contributed by atoms with van der Waals surface area (Å²) in [7, 11) is 0. The van der Waals surface area contributed by atoms with E-state index in [0.29, 0.717) is 5.75 Å². The lowest BCUT2D eigenvalue weighted by Gasteiger charge is -2.04. The molecule has 6 heteroatoms. The second-order valence-electron chi connectivity index (χ2n) is 2.91. The topological polar surface area (TPSA) is 76.7 Å². The molecule has 0 saturated heterocycles. The van der Waals surface area contributed by atoms with Crippen LogP contribution in [-0.2, 0) is 0 Å². The highest BCUT2D eigenvalue weighted by atomic mass is 79.9. The smallest absolute Gasteiger partial charge is 0.332 e. The minimum absolute atomic E-state index is 0.192. The van der Waals surface area contributed by atoms with E-state index in [-0.39, 0.29) is 6.61 Å². The summed E-state index contributed by atoms with van der Waals surface area (Å²) in [4.78, 5) is 10.4. The van der Waals surface area contributed by atoms with Crippen molar-refractivity contribution < 1.29 is 9.53 Å². The number of carbonyl (C=O) groups excluding carboxylic acids is 1. The van der Waals surface area contributed by atoms with E-state index in [4.69, 9.17) is 16.9 Å². The molecule has 3 N–H and O–H groups in total. The molecule has 0 saturated carbocycles. The molecule has 0 heterocycles. The van der Waals surface area contributed by atoms with Gasteiger partial charge in [0.15, 0.2) is 0 Å². The lowest BCUT2D eigenvalue weighted by molar-refractivity contribution is 0.249. The molecule has 1 rings (SSSR count). The van der Waals surface area contributed by atoms with Gasteiger partial charge in [0.25, 0.3) is 0 Å². The fourth-order valence-corrected chi connectivity index (χ4v) is 1.35. The maximum Gasteiger partial charge on any atom is 0.332 e. The van der Waals surface area contributed by atoms with Crippen LogP contribution < -0.4 is 15.9 Å². The lowest BCUT2D eigenvalue weighted by atomic mass is 10.2. The Hall–Kier alpha value is -2.00. The van der Waals surface area contributed by atoms with Crippen molar-refractivity contribution in [2.24, 2.45) is 10.8 Å². The van der Waals surface area contributed by atoms with Crippen LogP contribution in [-0.4, -0.2) is 18.9 Å². The van der Waals surface area contributed by atoms with E-state index in [1.54, 1.807) is 18.2 Å². The number of hydrogen-bond acceptors (Lipinski definition) is 3. The molecule has 17 heavy (non-hydrogen) atoms. The van der Waals surface area contributed by atoms with Crippen molar-refractivity contribution in [3.8, 4) is 18.1 Å². The number of hydrazone groups is 1. The molecule has 0 aromatic heterocycles. The second kappa shape index (κ2) is 6.55.